The molecule has 0 aliphatic rings. The van der Waals surface area contributed by atoms with Crippen LogP contribution in [0.5, 0.6) is 0 Å². The lowest BCUT2D eigenvalue weighted by molar-refractivity contribution is -0.120. The number of hydrogen-bond donors (Lipinski definition) is 1. The Morgan fingerprint density at radius 1 is 1.47 bits per heavy atom. The van der Waals surface area contributed by atoms with Gasteiger partial charge in [0.2, 0.25) is 0 Å². The summed E-state index contributed by atoms with van der Waals surface area (Å²) in [7, 11) is 0. The summed E-state index contributed by atoms with van der Waals surface area (Å²) < 4.78 is 13.8. The zero-order chi connectivity index (χ0) is 13.0. The Kier molecular flexibility index (Phi) is 5.28. The van der Waals surface area contributed by atoms with Gasteiger partial charge in [-0.1, -0.05) is 29.8 Å². The molecule has 0 amide bonds. The largest absolute Gasteiger partial charge is 0.321 e. The van der Waals surface area contributed by atoms with Gasteiger partial charge in [-0.3, -0.25) is 4.79 Å². The summed E-state index contributed by atoms with van der Waals surface area (Å²) in [5.41, 5.74) is 6.44. The third-order valence-electron chi connectivity index (χ3n) is 2.51. The maximum absolute atomic E-state index is 13.0. The van der Waals surface area contributed by atoms with E-state index in [1.54, 1.807) is 6.07 Å². The molecule has 0 radical (unpaired) electrons. The molecule has 1 atom stereocenters. The van der Waals surface area contributed by atoms with Gasteiger partial charge in [-0.05, 0) is 36.1 Å². The van der Waals surface area contributed by atoms with Crippen LogP contribution >= 0.6 is 15.9 Å². The third kappa shape index (κ3) is 4.56. The number of nitrogens with two attached hydrogens (primary N) is 1. The summed E-state index contributed by atoms with van der Waals surface area (Å²) in [6.45, 7) is 4.04. The molecule has 1 aromatic rings. The fourth-order valence-electron chi connectivity index (χ4n) is 1.64. The molecule has 2 nitrogen and oxygen atoms in total. The highest BCUT2D eigenvalue weighted by Gasteiger charge is 2.16. The van der Waals surface area contributed by atoms with Crippen LogP contribution in [0.4, 0.5) is 4.39 Å². The standard InChI is InChI=1S/C13H17BrFNO/c1-8(2)5-12(16)13(17)7-9-6-10(15)3-4-11(9)14/h3-4,6,8,12H,5,7,16H2,1-2H3. The van der Waals surface area contributed by atoms with Crippen LogP contribution < -0.4 is 5.73 Å². The molecule has 0 saturated heterocycles. The van der Waals surface area contributed by atoms with Crippen LogP contribution in [0, 0.1) is 11.7 Å². The highest BCUT2D eigenvalue weighted by atomic mass is 79.9. The Bertz CT molecular complexity index is 406. The monoisotopic (exact) mass is 301 g/mol. The van der Waals surface area contributed by atoms with E-state index in [-0.39, 0.29) is 18.0 Å². The van der Waals surface area contributed by atoms with Crippen LogP contribution in [0.1, 0.15) is 25.8 Å². The molecule has 0 aliphatic carbocycles. The number of halogens is 2. The van der Waals surface area contributed by atoms with Gasteiger partial charge in [0.1, 0.15) is 5.82 Å². The second-order valence-electron chi connectivity index (χ2n) is 4.61. The number of ketones is 1. The summed E-state index contributed by atoms with van der Waals surface area (Å²) in [5, 5.41) is 0. The Balaban J connectivity index is 2.70. The fraction of sp³-hybridized carbons (Fsp3) is 0.462. The number of hydrogen-bond acceptors (Lipinski definition) is 2. The summed E-state index contributed by atoms with van der Waals surface area (Å²) in [6.07, 6.45) is 0.831. The van der Waals surface area contributed by atoms with Gasteiger partial charge in [-0.2, -0.15) is 0 Å². The average molecular weight is 302 g/mol. The molecule has 0 heterocycles. The van der Waals surface area contributed by atoms with Gasteiger partial charge in [0, 0.05) is 10.9 Å². The van der Waals surface area contributed by atoms with E-state index in [9.17, 15) is 9.18 Å². The van der Waals surface area contributed by atoms with Crippen molar-refractivity contribution in [3.05, 3.63) is 34.1 Å². The molecular weight excluding hydrogens is 285 g/mol. The molecule has 0 spiro atoms. The number of Topliss-reactive ketones (excluding diaryl/α,β-unsaturated/α-hetero) is 1. The lowest BCUT2D eigenvalue weighted by atomic mass is 9.97. The molecule has 0 saturated carbocycles. The molecule has 1 unspecified atom stereocenters. The zero-order valence-electron chi connectivity index (χ0n) is 10.0. The number of benzene rings is 1. The predicted molar refractivity (Wildman–Crippen MR) is 70.2 cm³/mol. The van der Waals surface area contributed by atoms with Gasteiger partial charge in [0.25, 0.3) is 0 Å². The quantitative estimate of drug-likeness (QED) is 0.908. The molecule has 1 aromatic carbocycles. The normalized spacial score (nSPS) is 12.8. The Morgan fingerprint density at radius 2 is 2.12 bits per heavy atom. The first kappa shape index (κ1) is 14.3. The SMILES string of the molecule is CC(C)CC(N)C(=O)Cc1cc(F)ccc1Br. The van der Waals surface area contributed by atoms with Crippen LogP contribution in [0.25, 0.3) is 0 Å². The van der Waals surface area contributed by atoms with Gasteiger partial charge in [0.05, 0.1) is 6.04 Å². The highest BCUT2D eigenvalue weighted by molar-refractivity contribution is 9.10. The van der Waals surface area contributed by atoms with Crippen LogP contribution in [0.15, 0.2) is 22.7 Å². The van der Waals surface area contributed by atoms with Crippen molar-refractivity contribution >= 4 is 21.7 Å². The van der Waals surface area contributed by atoms with Crippen molar-refractivity contribution in [2.75, 3.05) is 0 Å². The number of carbonyl (C=O) groups is 1. The van der Waals surface area contributed by atoms with Crippen molar-refractivity contribution < 1.29 is 9.18 Å². The highest BCUT2D eigenvalue weighted by Crippen LogP contribution is 2.19. The third-order valence-corrected chi connectivity index (χ3v) is 3.28. The second-order valence-corrected chi connectivity index (χ2v) is 5.47. The first-order chi connectivity index (χ1) is 7.90. The van der Waals surface area contributed by atoms with E-state index in [0.717, 1.165) is 4.47 Å². The van der Waals surface area contributed by atoms with Crippen molar-refractivity contribution in [3.8, 4) is 0 Å². The maximum atomic E-state index is 13.0. The maximum Gasteiger partial charge on any atom is 0.153 e. The number of carbonyl (C=O) groups excluding carboxylic acids is 1. The lowest BCUT2D eigenvalue weighted by Gasteiger charge is -2.13. The summed E-state index contributed by atoms with van der Waals surface area (Å²) in [4.78, 5) is 11.8. The van der Waals surface area contributed by atoms with Crippen LogP contribution in [0.3, 0.4) is 0 Å². The predicted octanol–water partition coefficient (Wildman–Crippen LogP) is 3.07. The fourth-order valence-corrected chi connectivity index (χ4v) is 2.02. The minimum absolute atomic E-state index is 0.0509. The first-order valence-corrected chi connectivity index (χ1v) is 6.41. The molecule has 0 aromatic heterocycles. The van der Waals surface area contributed by atoms with Crippen molar-refractivity contribution in [1.29, 1.82) is 0 Å². The van der Waals surface area contributed by atoms with Gasteiger partial charge < -0.3 is 5.73 Å². The van der Waals surface area contributed by atoms with Gasteiger partial charge in [-0.25, -0.2) is 4.39 Å². The van der Waals surface area contributed by atoms with E-state index >= 15 is 0 Å². The smallest absolute Gasteiger partial charge is 0.153 e. The Hall–Kier alpha value is -0.740. The van der Waals surface area contributed by atoms with Crippen molar-refractivity contribution in [2.45, 2.75) is 32.7 Å². The molecule has 1 rings (SSSR count). The van der Waals surface area contributed by atoms with Crippen molar-refractivity contribution in [3.63, 3.8) is 0 Å². The summed E-state index contributed by atoms with van der Waals surface area (Å²) in [5.74, 6) is -0.0108. The molecule has 17 heavy (non-hydrogen) atoms. The minimum atomic E-state index is -0.467. The lowest BCUT2D eigenvalue weighted by Crippen LogP contribution is -2.33. The van der Waals surface area contributed by atoms with Crippen molar-refractivity contribution in [1.82, 2.24) is 0 Å². The van der Waals surface area contributed by atoms with E-state index in [1.807, 2.05) is 13.8 Å². The molecule has 4 heteroatoms. The van der Waals surface area contributed by atoms with Gasteiger partial charge >= 0.3 is 0 Å². The average Bonchev–Trinajstić information content (AvgIpc) is 2.22. The van der Waals surface area contributed by atoms with Gasteiger partial charge in [0.15, 0.2) is 5.78 Å². The molecule has 94 valence electrons. The molecule has 0 aliphatic heterocycles. The molecule has 2 N–H and O–H groups in total. The minimum Gasteiger partial charge on any atom is -0.321 e. The number of rotatable bonds is 5. The Labute approximate surface area is 110 Å². The molecule has 0 fully saturated rings. The molecule has 0 bridgehead atoms. The van der Waals surface area contributed by atoms with Gasteiger partial charge in [-0.15, -0.1) is 0 Å². The van der Waals surface area contributed by atoms with E-state index in [1.165, 1.54) is 12.1 Å². The first-order valence-electron chi connectivity index (χ1n) is 5.62. The van der Waals surface area contributed by atoms with Crippen LogP contribution in [-0.4, -0.2) is 11.8 Å². The van der Waals surface area contributed by atoms with Crippen LogP contribution in [-0.2, 0) is 11.2 Å². The summed E-state index contributed by atoms with van der Waals surface area (Å²) >= 11 is 3.30. The van der Waals surface area contributed by atoms with E-state index < -0.39 is 6.04 Å². The molecular formula is C13H17BrFNO. The van der Waals surface area contributed by atoms with Crippen LogP contribution in [0.2, 0.25) is 0 Å². The van der Waals surface area contributed by atoms with Crippen molar-refractivity contribution in [2.24, 2.45) is 11.7 Å². The summed E-state index contributed by atoms with van der Waals surface area (Å²) in [6, 6.07) is 3.85. The van der Waals surface area contributed by atoms with E-state index in [0.29, 0.717) is 17.9 Å². The van der Waals surface area contributed by atoms with E-state index in [2.05, 4.69) is 15.9 Å². The Morgan fingerprint density at radius 3 is 2.71 bits per heavy atom. The van der Waals surface area contributed by atoms with E-state index in [4.69, 9.17) is 5.73 Å². The zero-order valence-corrected chi connectivity index (χ0v) is 11.6. The second kappa shape index (κ2) is 6.26. The topological polar surface area (TPSA) is 43.1 Å².